The second-order valence-electron chi connectivity index (χ2n) is 16.4. The Balaban J connectivity index is 1.31. The minimum atomic E-state index is -0.979. The van der Waals surface area contributed by atoms with Gasteiger partial charge in [-0.15, -0.1) is 4.99 Å². The fraction of sp³-hybridized carbons (Fsp3) is 0.308. The van der Waals surface area contributed by atoms with Gasteiger partial charge in [0, 0.05) is 41.2 Å². The van der Waals surface area contributed by atoms with Gasteiger partial charge in [0.25, 0.3) is 0 Å². The number of aliphatic imine (C=N–C) groups is 2. The van der Waals surface area contributed by atoms with Crippen molar-refractivity contribution in [3.63, 3.8) is 0 Å². The van der Waals surface area contributed by atoms with E-state index in [0.29, 0.717) is 19.0 Å². The van der Waals surface area contributed by atoms with Gasteiger partial charge in [0.2, 0.25) is 17.8 Å². The van der Waals surface area contributed by atoms with Crippen molar-refractivity contribution in [2.45, 2.75) is 71.6 Å². The molecule has 5 rings (SSSR count). The van der Waals surface area contributed by atoms with Crippen LogP contribution in [0.25, 0.3) is 0 Å². The largest absolute Gasteiger partial charge is 0.489 e. The van der Waals surface area contributed by atoms with Gasteiger partial charge in [-0.25, -0.2) is 14.6 Å². The van der Waals surface area contributed by atoms with E-state index in [-0.39, 0.29) is 32.1 Å². The topological polar surface area (TPSA) is 175 Å². The molecule has 3 atom stereocenters. The minimum Gasteiger partial charge on any atom is -0.489 e. The van der Waals surface area contributed by atoms with Crippen molar-refractivity contribution >= 4 is 35.9 Å². The molecule has 0 spiro atoms. The molecular weight excluding hydrogens is 849 g/mol. The van der Waals surface area contributed by atoms with Gasteiger partial charge < -0.3 is 40.0 Å². The zero-order chi connectivity index (χ0) is 48.1. The Bertz CT molecular complexity index is 2400. The van der Waals surface area contributed by atoms with Crippen LogP contribution in [0, 0.1) is 13.8 Å². The SMILES string of the molecule is Cc1cc(OCc2ccccc2)cc(C)c1C[C@H](N=C(N(C)C)N(C)C)C(=O)N[C@H](C)C(=O)NC[C@H](Cc1ccccc1)N/C(=N/C(=O)OCc1ccccc1)NC(=O)OCc1ccccc1. The van der Waals surface area contributed by atoms with Crippen LogP contribution in [0.3, 0.4) is 0 Å². The molecule has 15 heteroatoms. The number of carbonyl (C=O) groups excluding carboxylic acids is 4. The average molecular weight is 911 g/mol. The molecule has 0 heterocycles. The van der Waals surface area contributed by atoms with Gasteiger partial charge in [-0.2, -0.15) is 0 Å². The molecule has 0 radical (unpaired) electrons. The van der Waals surface area contributed by atoms with Crippen LogP contribution in [-0.2, 0) is 51.7 Å². The molecule has 0 aliphatic carbocycles. The molecule has 5 aromatic carbocycles. The van der Waals surface area contributed by atoms with E-state index >= 15 is 0 Å². The van der Waals surface area contributed by atoms with E-state index in [1.54, 1.807) is 19.1 Å². The molecule has 0 fully saturated rings. The third-order valence-electron chi connectivity index (χ3n) is 10.5. The molecule has 0 aromatic heterocycles. The normalized spacial score (nSPS) is 12.3. The van der Waals surface area contributed by atoms with E-state index in [2.05, 4.69) is 26.3 Å². The highest BCUT2D eigenvalue weighted by Gasteiger charge is 2.27. The van der Waals surface area contributed by atoms with Crippen LogP contribution < -0.4 is 26.0 Å². The zero-order valence-corrected chi connectivity index (χ0v) is 39.3. The van der Waals surface area contributed by atoms with Crippen LogP contribution in [0.5, 0.6) is 5.75 Å². The second-order valence-corrected chi connectivity index (χ2v) is 16.4. The molecule has 0 saturated carbocycles. The van der Waals surface area contributed by atoms with Crippen molar-refractivity contribution in [2.75, 3.05) is 34.7 Å². The molecule has 0 aliphatic heterocycles. The summed E-state index contributed by atoms with van der Waals surface area (Å²) in [6, 6.07) is 39.1. The van der Waals surface area contributed by atoms with Gasteiger partial charge in [0.05, 0.1) is 6.04 Å². The molecule has 0 bridgehead atoms. The smallest absolute Gasteiger partial charge is 0.437 e. The standard InChI is InChI=1S/C52H62N8O7/c1-36-28-44(65-33-40-22-14-9-15-23-40)29-37(2)45(36)31-46(56-50(59(4)5)60(6)7)48(62)54-38(3)47(61)53-32-43(30-39-20-12-8-13-21-39)55-49(57-51(63)66-34-41-24-16-10-17-25-41)58-52(64)67-35-42-26-18-11-19-27-42/h8-29,38,43,46H,30-35H2,1-7H3,(H,53,61)(H,54,62)(H2,55,57,58,63,64)/t38-,43+,46+/m1/s1. The van der Waals surface area contributed by atoms with Crippen LogP contribution in [0.4, 0.5) is 9.59 Å². The number of benzene rings is 5. The van der Waals surface area contributed by atoms with Crippen molar-refractivity contribution in [2.24, 2.45) is 9.98 Å². The number of ether oxygens (including phenoxy) is 3. The van der Waals surface area contributed by atoms with Gasteiger partial charge in [0.15, 0.2) is 5.96 Å². The molecule has 67 heavy (non-hydrogen) atoms. The first-order chi connectivity index (χ1) is 32.2. The average Bonchev–Trinajstić information content (AvgIpc) is 3.31. The number of alkyl carbamates (subject to hydrolysis) is 1. The second kappa shape index (κ2) is 25.7. The summed E-state index contributed by atoms with van der Waals surface area (Å²) in [6.45, 7) is 5.91. The summed E-state index contributed by atoms with van der Waals surface area (Å²) >= 11 is 0. The third kappa shape index (κ3) is 17.0. The van der Waals surface area contributed by atoms with Crippen molar-refractivity contribution in [3.05, 3.63) is 172 Å². The van der Waals surface area contributed by atoms with Crippen LogP contribution in [-0.4, -0.2) is 98.6 Å². The monoisotopic (exact) mass is 910 g/mol. The number of amides is 4. The van der Waals surface area contributed by atoms with E-state index in [9.17, 15) is 19.2 Å². The molecule has 15 nitrogen and oxygen atoms in total. The Morgan fingerprint density at radius 2 is 1.10 bits per heavy atom. The number of nitrogens with one attached hydrogen (secondary N) is 4. The van der Waals surface area contributed by atoms with Crippen molar-refractivity contribution in [1.82, 2.24) is 31.1 Å². The molecule has 352 valence electrons. The molecule has 0 saturated heterocycles. The van der Waals surface area contributed by atoms with E-state index in [1.807, 2.05) is 173 Å². The lowest BCUT2D eigenvalue weighted by Crippen LogP contribution is -2.54. The Labute approximate surface area is 393 Å². The molecule has 4 N–H and O–H groups in total. The highest BCUT2D eigenvalue weighted by Crippen LogP contribution is 2.25. The summed E-state index contributed by atoms with van der Waals surface area (Å²) in [7, 11) is 7.41. The maximum atomic E-state index is 14.2. The van der Waals surface area contributed by atoms with Crippen LogP contribution in [0.1, 0.15) is 45.9 Å². The van der Waals surface area contributed by atoms with E-state index in [1.165, 1.54) is 0 Å². The number of carbonyl (C=O) groups is 4. The first-order valence-electron chi connectivity index (χ1n) is 22.1. The highest BCUT2D eigenvalue weighted by molar-refractivity contribution is 5.99. The number of hydrogen-bond donors (Lipinski definition) is 4. The molecule has 0 aliphatic rings. The van der Waals surface area contributed by atoms with Gasteiger partial charge in [0.1, 0.15) is 37.7 Å². The first-order valence-corrected chi connectivity index (χ1v) is 22.1. The summed E-state index contributed by atoms with van der Waals surface area (Å²) in [5, 5.41) is 11.5. The fourth-order valence-corrected chi connectivity index (χ4v) is 7.07. The molecule has 0 unspecified atom stereocenters. The third-order valence-corrected chi connectivity index (χ3v) is 10.5. The Hall–Kier alpha value is -7.68. The van der Waals surface area contributed by atoms with Crippen molar-refractivity contribution in [1.29, 1.82) is 0 Å². The fourth-order valence-electron chi connectivity index (χ4n) is 7.07. The lowest BCUT2D eigenvalue weighted by atomic mass is 9.95. The zero-order valence-electron chi connectivity index (χ0n) is 39.3. The van der Waals surface area contributed by atoms with Gasteiger partial charge >= 0.3 is 12.2 Å². The van der Waals surface area contributed by atoms with E-state index < -0.39 is 42.1 Å². The Kier molecular flexibility index (Phi) is 19.3. The summed E-state index contributed by atoms with van der Waals surface area (Å²) in [5.41, 5.74) is 6.29. The summed E-state index contributed by atoms with van der Waals surface area (Å²) < 4.78 is 17.0. The number of hydrogen-bond acceptors (Lipinski definition) is 8. The molecule has 5 aromatic rings. The van der Waals surface area contributed by atoms with Crippen LogP contribution in [0.15, 0.2) is 143 Å². The lowest BCUT2D eigenvalue weighted by Gasteiger charge is -2.26. The Morgan fingerprint density at radius 3 is 1.63 bits per heavy atom. The van der Waals surface area contributed by atoms with E-state index in [4.69, 9.17) is 19.2 Å². The quantitative estimate of drug-likeness (QED) is 0.0546. The summed E-state index contributed by atoms with van der Waals surface area (Å²) in [5.74, 6) is 0.142. The first kappa shape index (κ1) is 50.3. The van der Waals surface area contributed by atoms with Crippen LogP contribution in [0.2, 0.25) is 0 Å². The van der Waals surface area contributed by atoms with Gasteiger partial charge in [-0.05, 0) is 78.3 Å². The number of aryl methyl sites for hydroxylation is 2. The maximum Gasteiger partial charge on any atom is 0.437 e. The molecule has 4 amide bonds. The van der Waals surface area contributed by atoms with Gasteiger partial charge in [-0.1, -0.05) is 121 Å². The predicted molar refractivity (Wildman–Crippen MR) is 260 cm³/mol. The Morgan fingerprint density at radius 1 is 0.612 bits per heavy atom. The van der Waals surface area contributed by atoms with Crippen LogP contribution >= 0.6 is 0 Å². The number of nitrogens with zero attached hydrogens (tertiary/aromatic N) is 4. The number of guanidine groups is 2. The summed E-state index contributed by atoms with van der Waals surface area (Å²) in [4.78, 5) is 66.8. The minimum absolute atomic E-state index is 0.00314. The van der Waals surface area contributed by atoms with Crippen molar-refractivity contribution in [3.8, 4) is 5.75 Å². The number of rotatable bonds is 18. The predicted octanol–water partition coefficient (Wildman–Crippen LogP) is 6.71. The molecular formula is C52H62N8O7. The van der Waals surface area contributed by atoms with Crippen molar-refractivity contribution < 1.29 is 33.4 Å². The highest BCUT2D eigenvalue weighted by atomic mass is 16.6. The summed E-state index contributed by atoms with van der Waals surface area (Å²) in [6.07, 6.45) is -1.23. The lowest BCUT2D eigenvalue weighted by molar-refractivity contribution is -0.129. The maximum absolute atomic E-state index is 14.2. The van der Waals surface area contributed by atoms with E-state index in [0.717, 1.165) is 44.7 Å². The van der Waals surface area contributed by atoms with Gasteiger partial charge in [-0.3, -0.25) is 14.9 Å².